The van der Waals surface area contributed by atoms with E-state index in [1.54, 1.807) is 0 Å². The van der Waals surface area contributed by atoms with E-state index in [2.05, 4.69) is 16.8 Å². The number of hydrogen-bond donors (Lipinski definition) is 4. The van der Waals surface area contributed by atoms with Gasteiger partial charge in [-0.3, -0.25) is 9.84 Å². The van der Waals surface area contributed by atoms with Gasteiger partial charge >= 0.3 is 13.8 Å². The minimum atomic E-state index is -4.76. The second-order valence-electron chi connectivity index (χ2n) is 7.39. The highest BCUT2D eigenvalue weighted by atomic mass is 35.5. The fraction of sp³-hybridized carbons (Fsp3) is 0.947. The number of rotatable bonds is 20. The average Bonchev–Trinajstić information content (AvgIpc) is 2.62. The van der Waals surface area contributed by atoms with Crippen LogP contribution in [0.3, 0.4) is 0 Å². The molecule has 0 fully saturated rings. The maximum Gasteiger partial charge on any atom is 0.469 e. The van der Waals surface area contributed by atoms with E-state index in [4.69, 9.17) is 26.5 Å². The van der Waals surface area contributed by atoms with Crippen molar-refractivity contribution in [3.8, 4) is 0 Å². The molecule has 0 aromatic rings. The summed E-state index contributed by atoms with van der Waals surface area (Å²) in [6, 6.07) is 0. The molecule has 168 valence electrons. The molecule has 7 nitrogen and oxygen atoms in total. The van der Waals surface area contributed by atoms with Crippen LogP contribution >= 0.6 is 19.4 Å². The minimum Gasteiger partial charge on any atom is -0.479 e. The number of halogens is 1. The molecule has 0 aliphatic heterocycles. The number of carboxylic acids is 1. The zero-order valence-corrected chi connectivity index (χ0v) is 18.9. The highest BCUT2D eigenvalue weighted by Crippen LogP contribution is 2.37. The van der Waals surface area contributed by atoms with Gasteiger partial charge in [0.05, 0.1) is 0 Å². The van der Waals surface area contributed by atoms with Crippen molar-refractivity contribution in [2.75, 3.05) is 13.2 Å². The third-order valence-corrected chi connectivity index (χ3v) is 5.58. The number of carbonyl (C=O) groups is 1. The Morgan fingerprint density at radius 1 is 0.893 bits per heavy atom. The highest BCUT2D eigenvalue weighted by molar-refractivity contribution is 7.46. The van der Waals surface area contributed by atoms with Crippen molar-refractivity contribution >= 4 is 25.4 Å². The number of alkyl halides is 1. The number of carboxylic acid groups (broad SMARTS) is 1. The standard InChI is InChI=1S/C19H39ClNO6P/c1-2-3-4-5-6-7-8-9-10-11-12-13-14-15-16-21-19(20,18(22)23)17-27-28(24,25)26/h21H,2-17H2,1H3,(H,22,23)(H2,24,25,26)/t19-/m0/s1. The molecule has 9 heteroatoms. The van der Waals surface area contributed by atoms with Crippen LogP contribution in [0.4, 0.5) is 0 Å². The molecule has 0 saturated carbocycles. The third kappa shape index (κ3) is 16.8. The van der Waals surface area contributed by atoms with E-state index in [0.29, 0.717) is 6.54 Å². The second-order valence-corrected chi connectivity index (χ2v) is 9.28. The van der Waals surface area contributed by atoms with E-state index in [0.717, 1.165) is 19.3 Å². The summed E-state index contributed by atoms with van der Waals surface area (Å²) in [4.78, 5) is 26.5. The zero-order valence-electron chi connectivity index (χ0n) is 17.2. The summed E-state index contributed by atoms with van der Waals surface area (Å²) in [6.45, 7) is 1.77. The Balaban J connectivity index is 3.56. The topological polar surface area (TPSA) is 116 Å². The van der Waals surface area contributed by atoms with Crippen molar-refractivity contribution in [2.24, 2.45) is 0 Å². The van der Waals surface area contributed by atoms with Crippen LogP contribution < -0.4 is 5.32 Å². The zero-order chi connectivity index (χ0) is 21.3. The van der Waals surface area contributed by atoms with E-state index in [1.165, 1.54) is 70.6 Å². The molecule has 0 aromatic carbocycles. The van der Waals surface area contributed by atoms with Gasteiger partial charge in [0.25, 0.3) is 0 Å². The Bertz CT molecular complexity index is 448. The van der Waals surface area contributed by atoms with Crippen LogP contribution in [-0.4, -0.2) is 39.0 Å². The van der Waals surface area contributed by atoms with Gasteiger partial charge in [0, 0.05) is 0 Å². The lowest BCUT2D eigenvalue weighted by molar-refractivity contribution is -0.142. The molecule has 0 rings (SSSR count). The number of aliphatic carboxylic acids is 1. The molecule has 0 amide bonds. The van der Waals surface area contributed by atoms with Gasteiger partial charge in [-0.15, -0.1) is 0 Å². The van der Waals surface area contributed by atoms with Crippen molar-refractivity contribution in [1.82, 2.24) is 5.32 Å². The molecule has 0 radical (unpaired) electrons. The number of nitrogens with one attached hydrogen (secondary N) is 1. The van der Waals surface area contributed by atoms with Crippen molar-refractivity contribution in [3.05, 3.63) is 0 Å². The van der Waals surface area contributed by atoms with Gasteiger partial charge in [0.1, 0.15) is 6.61 Å². The van der Waals surface area contributed by atoms with E-state index < -0.39 is 25.4 Å². The summed E-state index contributed by atoms with van der Waals surface area (Å²) >= 11 is 5.86. The molecular formula is C19H39ClNO6P. The molecule has 1 atom stereocenters. The predicted octanol–water partition coefficient (Wildman–Crippen LogP) is 5.19. The molecular weight excluding hydrogens is 405 g/mol. The minimum absolute atomic E-state index is 0.346. The van der Waals surface area contributed by atoms with E-state index >= 15 is 0 Å². The molecule has 0 saturated heterocycles. The van der Waals surface area contributed by atoms with Gasteiger partial charge < -0.3 is 14.9 Å². The summed E-state index contributed by atoms with van der Waals surface area (Å²) in [7, 11) is -4.76. The van der Waals surface area contributed by atoms with Crippen LogP contribution in [0.25, 0.3) is 0 Å². The number of phosphoric ester groups is 1. The van der Waals surface area contributed by atoms with Crippen LogP contribution in [0.15, 0.2) is 0 Å². The molecule has 0 bridgehead atoms. The molecule has 0 spiro atoms. The van der Waals surface area contributed by atoms with E-state index in [9.17, 15) is 9.36 Å². The lowest BCUT2D eigenvalue weighted by Gasteiger charge is -2.23. The molecule has 0 aliphatic carbocycles. The van der Waals surface area contributed by atoms with Crippen LogP contribution in [0, 0.1) is 0 Å². The van der Waals surface area contributed by atoms with Crippen molar-refractivity contribution in [3.63, 3.8) is 0 Å². The molecule has 0 aromatic heterocycles. The fourth-order valence-electron chi connectivity index (χ4n) is 2.97. The SMILES string of the molecule is CCCCCCCCCCCCCCCCN[C@@](Cl)(COP(=O)(O)O)C(=O)O. The van der Waals surface area contributed by atoms with Gasteiger partial charge in [-0.05, 0) is 13.0 Å². The number of unbranched alkanes of at least 4 members (excludes halogenated alkanes) is 13. The van der Waals surface area contributed by atoms with Gasteiger partial charge in [-0.25, -0.2) is 9.36 Å². The van der Waals surface area contributed by atoms with Crippen LogP contribution in [0.2, 0.25) is 0 Å². The Morgan fingerprint density at radius 2 is 1.29 bits per heavy atom. The molecule has 0 aliphatic rings. The van der Waals surface area contributed by atoms with E-state index in [1.807, 2.05) is 0 Å². The van der Waals surface area contributed by atoms with Crippen molar-refractivity contribution < 1.29 is 28.8 Å². The Hall–Kier alpha value is -0.170. The largest absolute Gasteiger partial charge is 0.479 e. The van der Waals surface area contributed by atoms with Gasteiger partial charge in [0.2, 0.25) is 5.00 Å². The van der Waals surface area contributed by atoms with Gasteiger partial charge in [-0.1, -0.05) is 102 Å². The lowest BCUT2D eigenvalue weighted by Crippen LogP contribution is -2.51. The first kappa shape index (κ1) is 27.8. The summed E-state index contributed by atoms with van der Waals surface area (Å²) in [5, 5.41) is 11.7. The molecule has 0 heterocycles. The Kier molecular flexibility index (Phi) is 16.5. The van der Waals surface area contributed by atoms with Gasteiger partial charge in [-0.2, -0.15) is 0 Å². The first-order valence-electron chi connectivity index (χ1n) is 10.6. The van der Waals surface area contributed by atoms with Gasteiger partial charge in [0.15, 0.2) is 0 Å². The summed E-state index contributed by atoms with van der Waals surface area (Å²) in [5.41, 5.74) is 0. The smallest absolute Gasteiger partial charge is 0.469 e. The predicted molar refractivity (Wildman–Crippen MR) is 113 cm³/mol. The maximum atomic E-state index is 11.2. The second kappa shape index (κ2) is 16.6. The molecule has 0 unspecified atom stereocenters. The van der Waals surface area contributed by atoms with Crippen molar-refractivity contribution in [2.45, 2.75) is 102 Å². The Labute approximate surface area is 174 Å². The first-order valence-corrected chi connectivity index (χ1v) is 12.5. The third-order valence-electron chi connectivity index (χ3n) is 4.71. The maximum absolute atomic E-state index is 11.2. The number of phosphoric acid groups is 1. The van der Waals surface area contributed by atoms with E-state index in [-0.39, 0.29) is 0 Å². The monoisotopic (exact) mass is 443 g/mol. The lowest BCUT2D eigenvalue weighted by atomic mass is 10.0. The fourth-order valence-corrected chi connectivity index (χ4v) is 3.55. The summed E-state index contributed by atoms with van der Waals surface area (Å²) < 4.78 is 14.9. The molecule has 28 heavy (non-hydrogen) atoms. The van der Waals surface area contributed by atoms with Crippen molar-refractivity contribution in [1.29, 1.82) is 0 Å². The average molecular weight is 444 g/mol. The Morgan fingerprint density at radius 3 is 1.64 bits per heavy atom. The van der Waals surface area contributed by atoms with Crippen LogP contribution in [0.5, 0.6) is 0 Å². The normalized spacial score (nSPS) is 14.1. The molecule has 4 N–H and O–H groups in total. The highest BCUT2D eigenvalue weighted by Gasteiger charge is 2.38. The van der Waals surface area contributed by atoms with Crippen LogP contribution in [-0.2, 0) is 13.9 Å². The summed E-state index contributed by atoms with van der Waals surface area (Å²) in [5.74, 6) is -1.42. The first-order chi connectivity index (χ1) is 13.2. The number of hydrogen-bond acceptors (Lipinski definition) is 4. The summed E-state index contributed by atoms with van der Waals surface area (Å²) in [6.07, 6.45) is 17.2. The quantitative estimate of drug-likeness (QED) is 0.0885. The van der Waals surface area contributed by atoms with Crippen LogP contribution in [0.1, 0.15) is 96.8 Å².